The summed E-state index contributed by atoms with van der Waals surface area (Å²) < 4.78 is 0. The van der Waals surface area contributed by atoms with Crippen LogP contribution in [0, 0.1) is 0 Å². The lowest BCUT2D eigenvalue weighted by atomic mass is 9.85. The number of nitrogens with two attached hydrogens (primary N) is 1. The molecule has 2 rings (SSSR count). The molecule has 1 aliphatic heterocycles. The van der Waals surface area contributed by atoms with E-state index in [1.54, 1.807) is 0 Å². The number of nitrogens with zero attached hydrogens (tertiary/aromatic N) is 1. The van der Waals surface area contributed by atoms with Crippen molar-refractivity contribution in [3.63, 3.8) is 0 Å². The molecule has 0 aromatic rings. The molecule has 2 aliphatic rings. The lowest BCUT2D eigenvalue weighted by Gasteiger charge is -2.43. The highest BCUT2D eigenvalue weighted by molar-refractivity contribution is 4.90. The lowest BCUT2D eigenvalue weighted by molar-refractivity contribution is 0.0906. The summed E-state index contributed by atoms with van der Waals surface area (Å²) in [6.45, 7) is 2.66. The third-order valence-corrected chi connectivity index (χ3v) is 3.06. The first-order valence-electron chi connectivity index (χ1n) is 4.86. The summed E-state index contributed by atoms with van der Waals surface area (Å²) in [5, 5.41) is 0. The second-order valence-electron chi connectivity index (χ2n) is 3.98. The predicted octanol–water partition coefficient (Wildman–Crippen LogP) is 0.962. The van der Waals surface area contributed by atoms with Crippen LogP contribution in [0.25, 0.3) is 0 Å². The summed E-state index contributed by atoms with van der Waals surface area (Å²) in [5.74, 6) is 0. The highest BCUT2D eigenvalue weighted by Crippen LogP contribution is 2.26. The number of hydrogen-bond acceptors (Lipinski definition) is 2. The molecule has 0 atom stereocenters. The van der Waals surface area contributed by atoms with Crippen LogP contribution in [0.1, 0.15) is 32.1 Å². The largest absolute Gasteiger partial charge is 0.328 e. The molecule has 0 spiro atoms. The topological polar surface area (TPSA) is 29.3 Å². The fourth-order valence-corrected chi connectivity index (χ4v) is 2.21. The van der Waals surface area contributed by atoms with E-state index >= 15 is 0 Å². The van der Waals surface area contributed by atoms with Crippen LogP contribution in [0.2, 0.25) is 0 Å². The SMILES string of the molecule is NC1CC(N2CCCCC2)C1. The van der Waals surface area contributed by atoms with Gasteiger partial charge in [-0.05, 0) is 38.8 Å². The molecule has 0 radical (unpaired) electrons. The van der Waals surface area contributed by atoms with Crippen molar-refractivity contribution in [2.45, 2.75) is 44.2 Å². The summed E-state index contributed by atoms with van der Waals surface area (Å²) in [5.41, 5.74) is 5.75. The van der Waals surface area contributed by atoms with E-state index < -0.39 is 0 Å². The highest BCUT2D eigenvalue weighted by Gasteiger charge is 2.31. The van der Waals surface area contributed by atoms with Crippen LogP contribution in [0.15, 0.2) is 0 Å². The first-order valence-corrected chi connectivity index (χ1v) is 4.86. The van der Waals surface area contributed by atoms with Crippen molar-refractivity contribution in [3.05, 3.63) is 0 Å². The van der Waals surface area contributed by atoms with Crippen molar-refractivity contribution < 1.29 is 0 Å². The van der Waals surface area contributed by atoms with Gasteiger partial charge in [-0.2, -0.15) is 0 Å². The molecular formula is C9H18N2. The van der Waals surface area contributed by atoms with Crippen LogP contribution in [0.5, 0.6) is 0 Å². The Morgan fingerprint density at radius 3 is 2.18 bits per heavy atom. The van der Waals surface area contributed by atoms with Crippen molar-refractivity contribution in [1.29, 1.82) is 0 Å². The van der Waals surface area contributed by atoms with Crippen LogP contribution in [0.3, 0.4) is 0 Å². The molecule has 64 valence electrons. The van der Waals surface area contributed by atoms with E-state index in [1.807, 2.05) is 0 Å². The molecule has 1 heterocycles. The van der Waals surface area contributed by atoms with E-state index in [1.165, 1.54) is 45.2 Å². The van der Waals surface area contributed by atoms with E-state index in [4.69, 9.17) is 5.73 Å². The monoisotopic (exact) mass is 154 g/mol. The Morgan fingerprint density at radius 2 is 1.64 bits per heavy atom. The van der Waals surface area contributed by atoms with Gasteiger partial charge >= 0.3 is 0 Å². The fraction of sp³-hybridized carbons (Fsp3) is 1.00. The van der Waals surface area contributed by atoms with Crippen molar-refractivity contribution >= 4 is 0 Å². The molecule has 2 heteroatoms. The number of rotatable bonds is 1. The summed E-state index contributed by atoms with van der Waals surface area (Å²) in [6, 6.07) is 1.37. The molecule has 0 amide bonds. The van der Waals surface area contributed by atoms with Gasteiger partial charge < -0.3 is 10.6 Å². The van der Waals surface area contributed by atoms with Gasteiger partial charge in [0.15, 0.2) is 0 Å². The molecule has 11 heavy (non-hydrogen) atoms. The zero-order chi connectivity index (χ0) is 7.68. The fourth-order valence-electron chi connectivity index (χ4n) is 2.21. The molecule has 1 saturated heterocycles. The van der Waals surface area contributed by atoms with Gasteiger partial charge in [0.2, 0.25) is 0 Å². The van der Waals surface area contributed by atoms with Crippen molar-refractivity contribution in [3.8, 4) is 0 Å². The summed E-state index contributed by atoms with van der Waals surface area (Å²) in [4.78, 5) is 2.63. The van der Waals surface area contributed by atoms with E-state index in [0.29, 0.717) is 6.04 Å². The Hall–Kier alpha value is -0.0800. The normalized spacial score (nSPS) is 40.1. The Morgan fingerprint density at radius 1 is 1.00 bits per heavy atom. The Labute approximate surface area is 68.7 Å². The minimum Gasteiger partial charge on any atom is -0.328 e. The maximum atomic E-state index is 5.75. The second-order valence-corrected chi connectivity index (χ2v) is 3.98. The van der Waals surface area contributed by atoms with Crippen LogP contribution in [-0.2, 0) is 0 Å². The van der Waals surface area contributed by atoms with Crippen LogP contribution >= 0.6 is 0 Å². The van der Waals surface area contributed by atoms with Crippen LogP contribution in [0.4, 0.5) is 0 Å². The van der Waals surface area contributed by atoms with E-state index in [9.17, 15) is 0 Å². The molecular weight excluding hydrogens is 136 g/mol. The van der Waals surface area contributed by atoms with Gasteiger partial charge in [-0.3, -0.25) is 0 Å². The van der Waals surface area contributed by atoms with Gasteiger partial charge in [0.1, 0.15) is 0 Å². The maximum Gasteiger partial charge on any atom is 0.0125 e. The Kier molecular flexibility index (Phi) is 2.14. The first-order chi connectivity index (χ1) is 5.36. The molecule has 0 bridgehead atoms. The van der Waals surface area contributed by atoms with Gasteiger partial charge in [0.25, 0.3) is 0 Å². The predicted molar refractivity (Wildman–Crippen MR) is 46.4 cm³/mol. The minimum absolute atomic E-state index is 0.516. The molecule has 0 unspecified atom stereocenters. The molecule has 1 saturated carbocycles. The van der Waals surface area contributed by atoms with Crippen molar-refractivity contribution in [2.75, 3.05) is 13.1 Å². The molecule has 2 fully saturated rings. The van der Waals surface area contributed by atoms with Gasteiger partial charge in [-0.15, -0.1) is 0 Å². The third kappa shape index (κ3) is 1.57. The zero-order valence-corrected chi connectivity index (χ0v) is 7.13. The van der Waals surface area contributed by atoms with Gasteiger partial charge in [-0.25, -0.2) is 0 Å². The van der Waals surface area contributed by atoms with E-state index in [2.05, 4.69) is 4.90 Å². The average molecular weight is 154 g/mol. The van der Waals surface area contributed by atoms with E-state index in [0.717, 1.165) is 6.04 Å². The Bertz CT molecular complexity index is 124. The van der Waals surface area contributed by atoms with Crippen molar-refractivity contribution in [2.24, 2.45) is 5.73 Å². The van der Waals surface area contributed by atoms with Gasteiger partial charge in [-0.1, -0.05) is 6.42 Å². The molecule has 0 aromatic carbocycles. The minimum atomic E-state index is 0.516. The third-order valence-electron chi connectivity index (χ3n) is 3.06. The standard InChI is InChI=1S/C9H18N2/c10-8-6-9(7-8)11-4-2-1-3-5-11/h8-9H,1-7,10H2. The molecule has 0 aromatic heterocycles. The van der Waals surface area contributed by atoms with E-state index in [-0.39, 0.29) is 0 Å². The van der Waals surface area contributed by atoms with Crippen LogP contribution < -0.4 is 5.73 Å². The Balaban J connectivity index is 1.76. The second kappa shape index (κ2) is 3.11. The number of hydrogen-bond donors (Lipinski definition) is 1. The lowest BCUT2D eigenvalue weighted by Crippen LogP contribution is -2.52. The van der Waals surface area contributed by atoms with Gasteiger partial charge in [0.05, 0.1) is 0 Å². The van der Waals surface area contributed by atoms with Crippen molar-refractivity contribution in [1.82, 2.24) is 4.90 Å². The summed E-state index contributed by atoms with van der Waals surface area (Å²) >= 11 is 0. The summed E-state index contributed by atoms with van der Waals surface area (Å²) in [6.07, 6.45) is 6.76. The van der Waals surface area contributed by atoms with Gasteiger partial charge in [0, 0.05) is 12.1 Å². The first kappa shape index (κ1) is 7.56. The average Bonchev–Trinajstić information content (AvgIpc) is 2.01. The smallest absolute Gasteiger partial charge is 0.0125 e. The molecule has 2 nitrogen and oxygen atoms in total. The maximum absolute atomic E-state index is 5.75. The molecule has 2 N–H and O–H groups in total. The zero-order valence-electron chi connectivity index (χ0n) is 7.13. The molecule has 1 aliphatic carbocycles. The highest BCUT2D eigenvalue weighted by atomic mass is 15.2. The summed E-state index contributed by atoms with van der Waals surface area (Å²) in [7, 11) is 0. The quantitative estimate of drug-likeness (QED) is 0.609. The van der Waals surface area contributed by atoms with Crippen LogP contribution in [-0.4, -0.2) is 30.1 Å². The number of likely N-dealkylation sites (tertiary alicyclic amines) is 1. The number of piperidine rings is 1.